The van der Waals surface area contributed by atoms with Gasteiger partial charge in [0.05, 0.1) is 6.04 Å². The lowest BCUT2D eigenvalue weighted by atomic mass is 10.0. The molecule has 1 atom stereocenters. The molecule has 0 fully saturated rings. The molecule has 0 aliphatic carbocycles. The number of carboxylic acid groups (broad SMARTS) is 1. The minimum absolute atomic E-state index is 0.316. The molecule has 82 valence electrons. The lowest BCUT2D eigenvalue weighted by Crippen LogP contribution is -2.53. The Morgan fingerprint density at radius 1 is 1.43 bits per heavy atom. The van der Waals surface area contributed by atoms with E-state index in [9.17, 15) is 9.59 Å². The number of nitrogens with two attached hydrogens (primary N) is 1. The maximum Gasteiger partial charge on any atom is 0.323 e. The summed E-state index contributed by atoms with van der Waals surface area (Å²) in [7, 11) is 0. The highest BCUT2D eigenvalue weighted by Gasteiger charge is 2.29. The van der Waals surface area contributed by atoms with Gasteiger partial charge < -0.3 is 15.7 Å². The molecule has 14 heavy (non-hydrogen) atoms. The molecular formula is C9H18N2O3. The van der Waals surface area contributed by atoms with Crippen LogP contribution in [0, 0.1) is 0 Å². The van der Waals surface area contributed by atoms with E-state index >= 15 is 0 Å². The highest BCUT2D eigenvalue weighted by atomic mass is 16.4. The van der Waals surface area contributed by atoms with Gasteiger partial charge in [-0.15, -0.1) is 0 Å². The third-order valence-corrected chi connectivity index (χ3v) is 1.76. The average molecular weight is 202 g/mol. The van der Waals surface area contributed by atoms with Gasteiger partial charge in [0.2, 0.25) is 5.91 Å². The van der Waals surface area contributed by atoms with Crippen LogP contribution in [0.15, 0.2) is 0 Å². The smallest absolute Gasteiger partial charge is 0.323 e. The largest absolute Gasteiger partial charge is 0.480 e. The molecule has 0 aromatic carbocycles. The highest BCUT2D eigenvalue weighted by Crippen LogP contribution is 2.13. The third kappa shape index (κ3) is 3.74. The van der Waals surface area contributed by atoms with Crippen LogP contribution in [0.3, 0.4) is 0 Å². The zero-order chi connectivity index (χ0) is 11.5. The molecule has 0 rings (SSSR count). The number of carbonyl (C=O) groups excluding carboxylic acids is 1. The number of carboxylic acids is 1. The van der Waals surface area contributed by atoms with E-state index in [0.717, 1.165) is 0 Å². The number of aliphatic carboxylic acids is 1. The molecule has 0 bridgehead atoms. The van der Waals surface area contributed by atoms with Crippen LogP contribution in [0.5, 0.6) is 0 Å². The Bertz CT molecular complexity index is 231. The summed E-state index contributed by atoms with van der Waals surface area (Å²) < 4.78 is 0. The highest BCUT2D eigenvalue weighted by molar-refractivity contribution is 5.85. The maximum atomic E-state index is 11.6. The van der Waals surface area contributed by atoms with Gasteiger partial charge in [0.15, 0.2) is 0 Å². The van der Waals surface area contributed by atoms with E-state index < -0.39 is 17.6 Å². The Labute approximate surface area is 83.9 Å². The van der Waals surface area contributed by atoms with E-state index in [-0.39, 0.29) is 12.5 Å². The SMILES string of the molecule is C[C@@H](N)C(=O)N(CC(=O)O)C(C)(C)C. The van der Waals surface area contributed by atoms with Crippen molar-refractivity contribution in [1.29, 1.82) is 0 Å². The van der Waals surface area contributed by atoms with E-state index in [1.165, 1.54) is 4.90 Å². The molecule has 0 heterocycles. The van der Waals surface area contributed by atoms with Crippen molar-refractivity contribution in [3.63, 3.8) is 0 Å². The van der Waals surface area contributed by atoms with E-state index in [1.807, 2.05) is 0 Å². The van der Waals surface area contributed by atoms with E-state index in [0.29, 0.717) is 0 Å². The summed E-state index contributed by atoms with van der Waals surface area (Å²) in [5.74, 6) is -1.38. The minimum Gasteiger partial charge on any atom is -0.480 e. The van der Waals surface area contributed by atoms with Gasteiger partial charge in [0, 0.05) is 5.54 Å². The number of rotatable bonds is 3. The second-order valence-electron chi connectivity index (χ2n) is 4.28. The van der Waals surface area contributed by atoms with Gasteiger partial charge >= 0.3 is 5.97 Å². The Balaban J connectivity index is 4.73. The minimum atomic E-state index is -1.03. The Morgan fingerprint density at radius 2 is 1.86 bits per heavy atom. The van der Waals surface area contributed by atoms with Crippen molar-refractivity contribution >= 4 is 11.9 Å². The molecule has 1 amide bonds. The molecule has 0 unspecified atom stereocenters. The lowest BCUT2D eigenvalue weighted by molar-refractivity contribution is -0.148. The lowest BCUT2D eigenvalue weighted by Gasteiger charge is -2.35. The first-order chi connectivity index (χ1) is 6.16. The molecular weight excluding hydrogens is 184 g/mol. The normalized spacial score (nSPS) is 13.5. The molecule has 3 N–H and O–H groups in total. The van der Waals surface area contributed by atoms with Gasteiger partial charge in [-0.1, -0.05) is 0 Å². The molecule has 0 radical (unpaired) electrons. The van der Waals surface area contributed by atoms with Crippen LogP contribution in [-0.2, 0) is 9.59 Å². The summed E-state index contributed by atoms with van der Waals surface area (Å²) in [5.41, 5.74) is 4.90. The van der Waals surface area contributed by atoms with Crippen molar-refractivity contribution in [1.82, 2.24) is 4.90 Å². The van der Waals surface area contributed by atoms with Crippen LogP contribution in [-0.4, -0.2) is 40.0 Å². The number of amides is 1. The molecule has 0 spiro atoms. The van der Waals surface area contributed by atoms with Crippen molar-refractivity contribution in [2.75, 3.05) is 6.54 Å². The van der Waals surface area contributed by atoms with Gasteiger partial charge in [-0.2, -0.15) is 0 Å². The molecule has 0 aromatic heterocycles. The number of nitrogens with zero attached hydrogens (tertiary/aromatic N) is 1. The van der Waals surface area contributed by atoms with Crippen molar-refractivity contribution in [2.24, 2.45) is 5.73 Å². The summed E-state index contributed by atoms with van der Waals surface area (Å²) in [5, 5.41) is 8.64. The Kier molecular flexibility index (Phi) is 4.07. The first-order valence-corrected chi connectivity index (χ1v) is 4.45. The van der Waals surface area contributed by atoms with Crippen molar-refractivity contribution in [2.45, 2.75) is 39.3 Å². The van der Waals surface area contributed by atoms with Crippen molar-refractivity contribution < 1.29 is 14.7 Å². The summed E-state index contributed by atoms with van der Waals surface area (Å²) in [6, 6.07) is -0.673. The van der Waals surface area contributed by atoms with Gasteiger partial charge in [0.25, 0.3) is 0 Å². The quantitative estimate of drug-likeness (QED) is 0.677. The standard InChI is InChI=1S/C9H18N2O3/c1-6(10)8(14)11(5-7(12)13)9(2,3)4/h6H,5,10H2,1-4H3,(H,12,13)/t6-/m1/s1. The maximum absolute atomic E-state index is 11.6. The fourth-order valence-corrected chi connectivity index (χ4v) is 1.03. The van der Waals surface area contributed by atoms with Gasteiger partial charge in [-0.05, 0) is 27.7 Å². The topological polar surface area (TPSA) is 83.6 Å². The van der Waals surface area contributed by atoms with Crippen molar-refractivity contribution in [3.8, 4) is 0 Å². The summed E-state index contributed by atoms with van der Waals surface area (Å²) in [6.45, 7) is 6.55. The Hall–Kier alpha value is -1.10. The average Bonchev–Trinajstić information content (AvgIpc) is 1.96. The number of hydrogen-bond donors (Lipinski definition) is 2. The zero-order valence-electron chi connectivity index (χ0n) is 9.07. The molecule has 0 saturated carbocycles. The van der Waals surface area contributed by atoms with Crippen LogP contribution < -0.4 is 5.73 Å². The summed E-state index contributed by atoms with van der Waals surface area (Å²) >= 11 is 0. The molecule has 5 heteroatoms. The second kappa shape index (κ2) is 4.41. The molecule has 0 aromatic rings. The number of hydrogen-bond acceptors (Lipinski definition) is 3. The second-order valence-corrected chi connectivity index (χ2v) is 4.28. The van der Waals surface area contributed by atoms with Crippen LogP contribution in [0.1, 0.15) is 27.7 Å². The monoisotopic (exact) mass is 202 g/mol. The van der Waals surface area contributed by atoms with Crippen LogP contribution >= 0.6 is 0 Å². The fraction of sp³-hybridized carbons (Fsp3) is 0.778. The fourth-order valence-electron chi connectivity index (χ4n) is 1.03. The predicted molar refractivity (Wildman–Crippen MR) is 52.8 cm³/mol. The molecule has 0 aliphatic heterocycles. The van der Waals surface area contributed by atoms with Gasteiger partial charge in [-0.25, -0.2) is 0 Å². The predicted octanol–water partition coefficient (Wildman–Crippen LogP) is 0.0453. The molecule has 5 nitrogen and oxygen atoms in total. The molecule has 0 aliphatic rings. The van der Waals surface area contributed by atoms with Crippen LogP contribution in [0.4, 0.5) is 0 Å². The first kappa shape index (κ1) is 12.9. The summed E-state index contributed by atoms with van der Waals surface area (Å²) in [4.78, 5) is 23.4. The van der Waals surface area contributed by atoms with Gasteiger partial charge in [-0.3, -0.25) is 9.59 Å². The molecule has 0 saturated heterocycles. The number of carbonyl (C=O) groups is 2. The first-order valence-electron chi connectivity index (χ1n) is 4.45. The van der Waals surface area contributed by atoms with E-state index in [2.05, 4.69) is 0 Å². The summed E-state index contributed by atoms with van der Waals surface area (Å²) in [6.07, 6.45) is 0. The van der Waals surface area contributed by atoms with Crippen LogP contribution in [0.2, 0.25) is 0 Å². The zero-order valence-corrected chi connectivity index (χ0v) is 9.07. The van der Waals surface area contributed by atoms with Crippen LogP contribution in [0.25, 0.3) is 0 Å². The van der Waals surface area contributed by atoms with E-state index in [4.69, 9.17) is 10.8 Å². The third-order valence-electron chi connectivity index (χ3n) is 1.76. The van der Waals surface area contributed by atoms with E-state index in [1.54, 1.807) is 27.7 Å². The Morgan fingerprint density at radius 3 is 2.07 bits per heavy atom. The van der Waals surface area contributed by atoms with Gasteiger partial charge in [0.1, 0.15) is 6.54 Å². The van der Waals surface area contributed by atoms with Crippen molar-refractivity contribution in [3.05, 3.63) is 0 Å².